The smallest absolute Gasteiger partial charge is 0.259 e. The van der Waals surface area contributed by atoms with Crippen molar-refractivity contribution in [2.45, 2.75) is 33.6 Å². The summed E-state index contributed by atoms with van der Waals surface area (Å²) in [7, 11) is 0. The Kier molecular flexibility index (Phi) is 6.12. The molecule has 0 radical (unpaired) electrons. The maximum atomic E-state index is 12.9. The Bertz CT molecular complexity index is 1000. The first-order chi connectivity index (χ1) is 13.9. The number of hydrogen-bond donors (Lipinski definition) is 2. The minimum Gasteiger partial charge on any atom is -0.352 e. The molecule has 0 spiro atoms. The lowest BCUT2D eigenvalue weighted by molar-refractivity contribution is 0.0955. The predicted molar refractivity (Wildman–Crippen MR) is 115 cm³/mol. The van der Waals surface area contributed by atoms with Crippen molar-refractivity contribution in [3.8, 4) is 5.69 Å². The predicted octanol–water partition coefficient (Wildman–Crippen LogP) is 4.31. The Morgan fingerprint density at radius 2 is 1.66 bits per heavy atom. The van der Waals surface area contributed by atoms with Crippen molar-refractivity contribution < 1.29 is 9.59 Å². The summed E-state index contributed by atoms with van der Waals surface area (Å²) in [6, 6.07) is 14.9. The van der Waals surface area contributed by atoms with E-state index in [1.165, 1.54) is 5.56 Å². The zero-order valence-electron chi connectivity index (χ0n) is 17.2. The fourth-order valence-corrected chi connectivity index (χ4v) is 3.15. The van der Waals surface area contributed by atoms with E-state index in [0.717, 1.165) is 11.4 Å². The summed E-state index contributed by atoms with van der Waals surface area (Å²) >= 11 is 0. The van der Waals surface area contributed by atoms with Gasteiger partial charge < -0.3 is 10.6 Å². The number of carbonyl (C=O) groups excluding carboxylic acids is 2. The largest absolute Gasteiger partial charge is 0.352 e. The zero-order valence-corrected chi connectivity index (χ0v) is 17.2. The van der Waals surface area contributed by atoms with E-state index in [0.29, 0.717) is 23.4 Å². The summed E-state index contributed by atoms with van der Waals surface area (Å²) in [4.78, 5) is 24.8. The maximum Gasteiger partial charge on any atom is 0.259 e. The van der Waals surface area contributed by atoms with Gasteiger partial charge in [0, 0.05) is 17.8 Å². The highest BCUT2D eigenvalue weighted by Gasteiger charge is 2.21. The van der Waals surface area contributed by atoms with Crippen LogP contribution in [-0.2, 0) is 0 Å². The quantitative estimate of drug-likeness (QED) is 0.659. The first-order valence-corrected chi connectivity index (χ1v) is 9.75. The highest BCUT2D eigenvalue weighted by molar-refractivity contribution is 6.05. The first-order valence-electron chi connectivity index (χ1n) is 9.75. The minimum atomic E-state index is -0.224. The van der Waals surface area contributed by atoms with Gasteiger partial charge in [-0.3, -0.25) is 9.59 Å². The second kappa shape index (κ2) is 8.73. The van der Waals surface area contributed by atoms with Crippen LogP contribution in [-0.4, -0.2) is 28.1 Å². The number of anilines is 1. The van der Waals surface area contributed by atoms with Crippen molar-refractivity contribution in [3.63, 3.8) is 0 Å². The molecule has 150 valence electrons. The SMILES string of the molecule is CCNC(=O)c1ccc(NC(=O)c2cnn(-c3ccc(C)cc3)c2C(C)C)cc1. The monoisotopic (exact) mass is 390 g/mol. The molecule has 1 heterocycles. The third-order valence-corrected chi connectivity index (χ3v) is 4.62. The van der Waals surface area contributed by atoms with Gasteiger partial charge in [0.2, 0.25) is 0 Å². The van der Waals surface area contributed by atoms with Gasteiger partial charge in [-0.1, -0.05) is 31.5 Å². The van der Waals surface area contributed by atoms with Gasteiger partial charge in [-0.2, -0.15) is 5.10 Å². The van der Waals surface area contributed by atoms with Gasteiger partial charge in [0.25, 0.3) is 11.8 Å². The van der Waals surface area contributed by atoms with E-state index in [9.17, 15) is 9.59 Å². The van der Waals surface area contributed by atoms with Crippen LogP contribution in [0.15, 0.2) is 54.7 Å². The summed E-state index contributed by atoms with van der Waals surface area (Å²) in [5, 5.41) is 10.1. The Labute approximate surface area is 170 Å². The molecule has 3 rings (SSSR count). The van der Waals surface area contributed by atoms with E-state index in [4.69, 9.17) is 0 Å². The zero-order chi connectivity index (χ0) is 21.0. The highest BCUT2D eigenvalue weighted by Crippen LogP contribution is 2.24. The number of aryl methyl sites for hydroxylation is 1. The number of aromatic nitrogens is 2. The number of nitrogens with zero attached hydrogens (tertiary/aromatic N) is 2. The number of hydrogen-bond acceptors (Lipinski definition) is 3. The highest BCUT2D eigenvalue weighted by atomic mass is 16.2. The van der Waals surface area contributed by atoms with Gasteiger partial charge in [-0.05, 0) is 56.2 Å². The summed E-state index contributed by atoms with van der Waals surface area (Å²) < 4.78 is 1.82. The van der Waals surface area contributed by atoms with Crippen molar-refractivity contribution in [1.29, 1.82) is 0 Å². The summed E-state index contributed by atoms with van der Waals surface area (Å²) in [5.74, 6) is -0.246. The van der Waals surface area contributed by atoms with Crippen LogP contribution in [0.25, 0.3) is 5.69 Å². The molecule has 2 aromatic carbocycles. The summed E-state index contributed by atoms with van der Waals surface area (Å²) in [6.45, 7) is 8.56. The van der Waals surface area contributed by atoms with Crippen LogP contribution in [0, 0.1) is 6.92 Å². The van der Waals surface area contributed by atoms with Gasteiger partial charge in [0.1, 0.15) is 0 Å². The molecule has 6 heteroatoms. The lowest BCUT2D eigenvalue weighted by atomic mass is 10.0. The average molecular weight is 390 g/mol. The van der Waals surface area contributed by atoms with Gasteiger partial charge >= 0.3 is 0 Å². The molecular formula is C23H26N4O2. The van der Waals surface area contributed by atoms with Crippen LogP contribution < -0.4 is 10.6 Å². The summed E-state index contributed by atoms with van der Waals surface area (Å²) in [5.41, 5.74) is 4.66. The molecule has 6 nitrogen and oxygen atoms in total. The van der Waals surface area contributed by atoms with Gasteiger partial charge in [-0.25, -0.2) is 4.68 Å². The van der Waals surface area contributed by atoms with Crippen LogP contribution in [0.5, 0.6) is 0 Å². The average Bonchev–Trinajstić information content (AvgIpc) is 3.15. The summed E-state index contributed by atoms with van der Waals surface area (Å²) in [6.07, 6.45) is 1.60. The second-order valence-corrected chi connectivity index (χ2v) is 7.24. The molecule has 0 aliphatic carbocycles. The van der Waals surface area contributed by atoms with Crippen molar-refractivity contribution >= 4 is 17.5 Å². The van der Waals surface area contributed by atoms with E-state index in [2.05, 4.69) is 15.7 Å². The van der Waals surface area contributed by atoms with E-state index in [-0.39, 0.29) is 17.7 Å². The molecule has 2 amide bonds. The molecule has 0 saturated carbocycles. The molecule has 0 aliphatic rings. The molecule has 0 bridgehead atoms. The second-order valence-electron chi connectivity index (χ2n) is 7.24. The number of amides is 2. The molecule has 2 N–H and O–H groups in total. The van der Waals surface area contributed by atoms with Crippen LogP contribution in [0.3, 0.4) is 0 Å². The van der Waals surface area contributed by atoms with E-state index in [1.54, 1.807) is 30.5 Å². The lowest BCUT2D eigenvalue weighted by Crippen LogP contribution is -2.22. The molecular weight excluding hydrogens is 364 g/mol. The van der Waals surface area contributed by atoms with Crippen molar-refractivity contribution in [2.75, 3.05) is 11.9 Å². The first kappa shape index (κ1) is 20.3. The fourth-order valence-electron chi connectivity index (χ4n) is 3.15. The van der Waals surface area contributed by atoms with Crippen molar-refractivity contribution in [1.82, 2.24) is 15.1 Å². The van der Waals surface area contributed by atoms with E-state index >= 15 is 0 Å². The molecule has 0 atom stereocenters. The maximum absolute atomic E-state index is 12.9. The molecule has 0 aliphatic heterocycles. The minimum absolute atomic E-state index is 0.111. The topological polar surface area (TPSA) is 76.0 Å². The molecule has 0 fully saturated rings. The fraction of sp³-hybridized carbons (Fsp3) is 0.261. The molecule has 1 aromatic heterocycles. The van der Waals surface area contributed by atoms with E-state index in [1.807, 2.05) is 56.6 Å². The van der Waals surface area contributed by atoms with Crippen molar-refractivity contribution in [2.24, 2.45) is 0 Å². The molecule has 0 unspecified atom stereocenters. The number of carbonyl (C=O) groups is 2. The number of rotatable bonds is 6. The molecule has 0 saturated heterocycles. The van der Waals surface area contributed by atoms with Crippen LogP contribution >= 0.6 is 0 Å². The Balaban J connectivity index is 1.84. The molecule has 29 heavy (non-hydrogen) atoms. The van der Waals surface area contributed by atoms with Crippen LogP contribution in [0.2, 0.25) is 0 Å². The Morgan fingerprint density at radius 3 is 2.24 bits per heavy atom. The number of nitrogens with one attached hydrogen (secondary N) is 2. The van der Waals surface area contributed by atoms with E-state index < -0.39 is 0 Å². The third kappa shape index (κ3) is 4.54. The van der Waals surface area contributed by atoms with Gasteiger partial charge in [0.15, 0.2) is 0 Å². The van der Waals surface area contributed by atoms with Gasteiger partial charge in [0.05, 0.1) is 23.1 Å². The van der Waals surface area contributed by atoms with Crippen LogP contribution in [0.1, 0.15) is 58.7 Å². The van der Waals surface area contributed by atoms with Crippen LogP contribution in [0.4, 0.5) is 5.69 Å². The lowest BCUT2D eigenvalue weighted by Gasteiger charge is -2.13. The standard InChI is InChI=1S/C23H26N4O2/c1-5-24-22(28)17-8-10-18(11-9-17)26-23(29)20-14-25-27(21(20)15(2)3)19-12-6-16(4)7-13-19/h6-15H,5H2,1-4H3,(H,24,28)(H,26,29). The number of benzene rings is 2. The van der Waals surface area contributed by atoms with Gasteiger partial charge in [-0.15, -0.1) is 0 Å². The Hall–Kier alpha value is -3.41. The normalized spacial score (nSPS) is 10.8. The third-order valence-electron chi connectivity index (χ3n) is 4.62. The molecule has 3 aromatic rings. The Morgan fingerprint density at radius 1 is 1.00 bits per heavy atom. The van der Waals surface area contributed by atoms with Crippen molar-refractivity contribution in [3.05, 3.63) is 77.1 Å².